The van der Waals surface area contributed by atoms with Crippen molar-refractivity contribution in [2.24, 2.45) is 0 Å². The van der Waals surface area contributed by atoms with E-state index < -0.39 is 0 Å². The van der Waals surface area contributed by atoms with E-state index >= 15 is 0 Å². The van der Waals surface area contributed by atoms with Crippen LogP contribution in [0.1, 0.15) is 19.3 Å². The van der Waals surface area contributed by atoms with E-state index in [0.29, 0.717) is 16.7 Å². The van der Waals surface area contributed by atoms with Gasteiger partial charge in [0.15, 0.2) is 5.43 Å². The average Bonchev–Trinajstić information content (AvgIpc) is 2.87. The number of nitrogens with zero attached hydrogens (tertiary/aromatic N) is 1. The van der Waals surface area contributed by atoms with E-state index in [2.05, 4.69) is 11.9 Å². The normalized spacial score (nSPS) is 18.6. The van der Waals surface area contributed by atoms with Gasteiger partial charge in [0, 0.05) is 18.2 Å². The predicted molar refractivity (Wildman–Crippen MR) is 104 cm³/mol. The lowest BCUT2D eigenvalue weighted by molar-refractivity contribution is 0.183. The van der Waals surface area contributed by atoms with Gasteiger partial charge in [-0.25, -0.2) is 0 Å². The highest BCUT2D eigenvalue weighted by Gasteiger charge is 2.17. The van der Waals surface area contributed by atoms with Gasteiger partial charge in [0.05, 0.1) is 11.5 Å². The lowest BCUT2D eigenvalue weighted by atomic mass is 10.1. The lowest BCUT2D eigenvalue weighted by Gasteiger charge is -2.17. The minimum absolute atomic E-state index is 0.0452. The number of rotatable bonds is 3. The number of ether oxygens (including phenoxy) is 1. The molecule has 1 fully saturated rings. The molecule has 4 rings (SSSR count). The number of likely N-dealkylation sites (tertiary alicyclic amines) is 1. The molecule has 0 spiro atoms. The largest absolute Gasteiger partial charge is 0.490 e. The maximum Gasteiger partial charge on any atom is 0.193 e. The number of hydrogen-bond acceptors (Lipinski definition) is 4. The summed E-state index contributed by atoms with van der Waals surface area (Å²) in [6.45, 7) is 2.16. The van der Waals surface area contributed by atoms with Crippen LogP contribution in [0.5, 0.6) is 5.75 Å². The first kappa shape index (κ1) is 16.9. The zero-order valence-electron chi connectivity index (χ0n) is 15.0. The Kier molecular flexibility index (Phi) is 4.76. The molecule has 0 radical (unpaired) electrons. The molecule has 0 bridgehead atoms. The highest BCUT2D eigenvalue weighted by Crippen LogP contribution is 2.26. The lowest BCUT2D eigenvalue weighted by Crippen LogP contribution is -2.21. The van der Waals surface area contributed by atoms with Crippen molar-refractivity contribution in [3.63, 3.8) is 0 Å². The standard InChI is InChI=1S/C22H23NO3/c1-23-12-5-8-17(11-13-23)25-18-9-10-21-19(14-18)20(24)15-22(26-21)16-6-3-2-4-7-16/h2-4,6-7,9-10,14-15,17H,5,8,11-13H2,1H3. The van der Waals surface area contributed by atoms with Gasteiger partial charge in [-0.05, 0) is 51.1 Å². The summed E-state index contributed by atoms with van der Waals surface area (Å²) in [6, 6.07) is 16.8. The van der Waals surface area contributed by atoms with Crippen LogP contribution in [-0.2, 0) is 0 Å². The van der Waals surface area contributed by atoms with E-state index in [0.717, 1.165) is 43.7 Å². The molecule has 1 atom stereocenters. The molecule has 1 unspecified atom stereocenters. The second-order valence-electron chi connectivity index (χ2n) is 6.97. The molecule has 1 aromatic heterocycles. The van der Waals surface area contributed by atoms with Crippen molar-refractivity contribution >= 4 is 11.0 Å². The molecular weight excluding hydrogens is 326 g/mol. The molecule has 4 heteroatoms. The van der Waals surface area contributed by atoms with Crippen LogP contribution < -0.4 is 10.2 Å². The third kappa shape index (κ3) is 3.65. The Morgan fingerprint density at radius 3 is 2.73 bits per heavy atom. The van der Waals surface area contributed by atoms with Crippen molar-refractivity contribution in [1.82, 2.24) is 4.90 Å². The molecule has 4 nitrogen and oxygen atoms in total. The summed E-state index contributed by atoms with van der Waals surface area (Å²) in [5.74, 6) is 1.33. The molecule has 2 aromatic carbocycles. The van der Waals surface area contributed by atoms with Crippen molar-refractivity contribution < 1.29 is 9.15 Å². The van der Waals surface area contributed by atoms with Gasteiger partial charge < -0.3 is 14.1 Å². The van der Waals surface area contributed by atoms with Crippen LogP contribution >= 0.6 is 0 Å². The Labute approximate surface area is 153 Å². The second-order valence-corrected chi connectivity index (χ2v) is 6.97. The summed E-state index contributed by atoms with van der Waals surface area (Å²) >= 11 is 0. The topological polar surface area (TPSA) is 42.7 Å². The van der Waals surface area contributed by atoms with Gasteiger partial charge in [-0.2, -0.15) is 0 Å². The first-order valence-corrected chi connectivity index (χ1v) is 9.17. The molecule has 0 N–H and O–H groups in total. The molecule has 0 amide bonds. The Balaban J connectivity index is 1.61. The maximum absolute atomic E-state index is 12.6. The van der Waals surface area contributed by atoms with Gasteiger partial charge in [0.2, 0.25) is 0 Å². The van der Waals surface area contributed by atoms with E-state index in [-0.39, 0.29) is 11.5 Å². The van der Waals surface area contributed by atoms with E-state index in [9.17, 15) is 4.79 Å². The van der Waals surface area contributed by atoms with Crippen LogP contribution in [0.4, 0.5) is 0 Å². The highest BCUT2D eigenvalue weighted by atomic mass is 16.5. The predicted octanol–water partition coefficient (Wildman–Crippen LogP) is 4.32. The van der Waals surface area contributed by atoms with Crippen molar-refractivity contribution in [2.75, 3.05) is 20.1 Å². The third-order valence-electron chi connectivity index (χ3n) is 4.96. The molecule has 3 aromatic rings. The summed E-state index contributed by atoms with van der Waals surface area (Å²) in [7, 11) is 2.15. The average molecular weight is 349 g/mol. The maximum atomic E-state index is 12.6. The highest BCUT2D eigenvalue weighted by molar-refractivity contribution is 5.80. The molecule has 1 aliphatic heterocycles. The fraction of sp³-hybridized carbons (Fsp3) is 0.318. The SMILES string of the molecule is CN1CCCC(Oc2ccc3oc(-c4ccccc4)cc(=O)c3c2)CC1. The fourth-order valence-corrected chi connectivity index (χ4v) is 3.47. The first-order chi connectivity index (χ1) is 12.7. The van der Waals surface area contributed by atoms with Crippen molar-refractivity contribution in [3.05, 3.63) is 64.8 Å². The van der Waals surface area contributed by atoms with E-state index in [1.165, 1.54) is 0 Å². The summed E-state index contributed by atoms with van der Waals surface area (Å²) in [4.78, 5) is 14.9. The molecule has 1 aliphatic rings. The number of fused-ring (bicyclic) bond motifs is 1. The van der Waals surface area contributed by atoms with Crippen LogP contribution in [-0.4, -0.2) is 31.1 Å². The molecule has 1 saturated heterocycles. The number of hydrogen-bond donors (Lipinski definition) is 0. The minimum atomic E-state index is -0.0452. The van der Waals surface area contributed by atoms with E-state index in [4.69, 9.17) is 9.15 Å². The van der Waals surface area contributed by atoms with Crippen molar-refractivity contribution in [1.29, 1.82) is 0 Å². The van der Waals surface area contributed by atoms with Crippen LogP contribution in [0.2, 0.25) is 0 Å². The molecule has 134 valence electrons. The van der Waals surface area contributed by atoms with Crippen LogP contribution in [0.15, 0.2) is 63.8 Å². The Bertz CT molecular complexity index is 949. The number of benzene rings is 2. The van der Waals surface area contributed by atoms with Gasteiger partial charge in [0.1, 0.15) is 17.1 Å². The van der Waals surface area contributed by atoms with Crippen LogP contribution in [0.3, 0.4) is 0 Å². The van der Waals surface area contributed by atoms with E-state index in [1.807, 2.05) is 48.5 Å². The van der Waals surface area contributed by atoms with Gasteiger partial charge in [-0.3, -0.25) is 4.79 Å². The Hall–Kier alpha value is -2.59. The second kappa shape index (κ2) is 7.34. The van der Waals surface area contributed by atoms with Gasteiger partial charge in [0.25, 0.3) is 0 Å². The Morgan fingerprint density at radius 1 is 1.04 bits per heavy atom. The monoisotopic (exact) mass is 349 g/mol. The summed E-state index contributed by atoms with van der Waals surface area (Å²) in [5, 5.41) is 0.563. The molecule has 26 heavy (non-hydrogen) atoms. The van der Waals surface area contributed by atoms with Gasteiger partial charge in [-0.1, -0.05) is 30.3 Å². The van der Waals surface area contributed by atoms with Crippen LogP contribution in [0, 0.1) is 0 Å². The minimum Gasteiger partial charge on any atom is -0.490 e. The summed E-state index contributed by atoms with van der Waals surface area (Å²) in [6.07, 6.45) is 3.39. The zero-order chi connectivity index (χ0) is 17.9. The first-order valence-electron chi connectivity index (χ1n) is 9.17. The summed E-state index contributed by atoms with van der Waals surface area (Å²) in [5.41, 5.74) is 1.44. The van der Waals surface area contributed by atoms with Crippen LogP contribution in [0.25, 0.3) is 22.3 Å². The van der Waals surface area contributed by atoms with Crippen molar-refractivity contribution in [3.8, 4) is 17.1 Å². The van der Waals surface area contributed by atoms with Gasteiger partial charge in [-0.15, -0.1) is 0 Å². The Morgan fingerprint density at radius 2 is 1.88 bits per heavy atom. The third-order valence-corrected chi connectivity index (χ3v) is 4.96. The van der Waals surface area contributed by atoms with Crippen molar-refractivity contribution in [2.45, 2.75) is 25.4 Å². The van der Waals surface area contributed by atoms with E-state index in [1.54, 1.807) is 6.07 Å². The molecule has 2 heterocycles. The van der Waals surface area contributed by atoms with Gasteiger partial charge >= 0.3 is 0 Å². The quantitative estimate of drug-likeness (QED) is 0.706. The smallest absolute Gasteiger partial charge is 0.193 e. The molecule has 0 aliphatic carbocycles. The molecular formula is C22H23NO3. The molecule has 0 saturated carbocycles. The fourth-order valence-electron chi connectivity index (χ4n) is 3.47. The zero-order valence-corrected chi connectivity index (χ0v) is 15.0. The summed E-state index contributed by atoms with van der Waals surface area (Å²) < 4.78 is 12.1.